The number of rotatable bonds is 4. The number of carbonyl (C=O) groups is 3. The second kappa shape index (κ2) is 7.99. The topological polar surface area (TPSA) is 118 Å². The Balaban J connectivity index is 1.48. The third-order valence-electron chi connectivity index (χ3n) is 11.5. The molecular formula is C30H36N2O6. The SMILES string of the molecule is CC(C)C1=C[C@]23CC[C@H]4[C@](C)(CCC[C@@]4(C)C(=O)O)[C@@H]2C[C@H]1[C@H]1C(=O)N(c2cccc([N+](=O)[O-])c2)C(=O)[C@H]13. The highest BCUT2D eigenvalue weighted by Gasteiger charge is 2.73. The molecule has 8 nitrogen and oxygen atoms in total. The van der Waals surface area contributed by atoms with Gasteiger partial charge in [0.15, 0.2) is 0 Å². The van der Waals surface area contributed by atoms with Crippen LogP contribution in [-0.2, 0) is 14.4 Å². The van der Waals surface area contributed by atoms with Crippen molar-refractivity contribution in [2.45, 2.75) is 66.2 Å². The number of hydrogen-bond acceptors (Lipinski definition) is 5. The number of nitro groups is 1. The summed E-state index contributed by atoms with van der Waals surface area (Å²) in [4.78, 5) is 53.0. The molecule has 0 radical (unpaired) electrons. The lowest BCUT2D eigenvalue weighted by molar-refractivity contribution is -0.384. The van der Waals surface area contributed by atoms with Gasteiger partial charge in [0.25, 0.3) is 5.69 Å². The molecule has 1 heterocycles. The fraction of sp³-hybridized carbons (Fsp3) is 0.633. The molecule has 8 heteroatoms. The Morgan fingerprint density at radius 3 is 2.53 bits per heavy atom. The summed E-state index contributed by atoms with van der Waals surface area (Å²) in [6, 6.07) is 5.80. The van der Waals surface area contributed by atoms with Crippen LogP contribution >= 0.6 is 0 Å². The first-order valence-corrected chi connectivity index (χ1v) is 13.9. The number of allylic oxidation sites excluding steroid dienone is 2. The zero-order valence-electron chi connectivity index (χ0n) is 22.5. The van der Waals surface area contributed by atoms with E-state index in [0.717, 1.165) is 19.3 Å². The molecule has 0 unspecified atom stereocenters. The van der Waals surface area contributed by atoms with Crippen LogP contribution in [0.5, 0.6) is 0 Å². The Bertz CT molecular complexity index is 1300. The van der Waals surface area contributed by atoms with Crippen molar-refractivity contribution in [3.63, 3.8) is 0 Å². The molecule has 2 bridgehead atoms. The number of fused-ring (bicyclic) bond motifs is 1. The first-order valence-electron chi connectivity index (χ1n) is 13.9. The van der Waals surface area contributed by atoms with E-state index in [1.165, 1.54) is 28.7 Å². The summed E-state index contributed by atoms with van der Waals surface area (Å²) in [7, 11) is 0. The number of non-ortho nitro benzene ring substituents is 1. The second-order valence-corrected chi connectivity index (χ2v) is 13.3. The Labute approximate surface area is 222 Å². The van der Waals surface area contributed by atoms with Crippen molar-refractivity contribution in [3.8, 4) is 0 Å². The van der Waals surface area contributed by atoms with Crippen LogP contribution in [0.25, 0.3) is 0 Å². The first kappa shape index (κ1) is 25.3. The van der Waals surface area contributed by atoms with Crippen molar-refractivity contribution in [2.75, 3.05) is 4.90 Å². The Kier molecular flexibility index (Phi) is 5.31. The van der Waals surface area contributed by atoms with Crippen LogP contribution in [0.15, 0.2) is 35.9 Å². The highest BCUT2D eigenvalue weighted by Crippen LogP contribution is 2.74. The van der Waals surface area contributed by atoms with Crippen molar-refractivity contribution in [1.82, 2.24) is 0 Å². The van der Waals surface area contributed by atoms with Gasteiger partial charge in [-0.2, -0.15) is 0 Å². The predicted octanol–water partition coefficient (Wildman–Crippen LogP) is 5.61. The number of nitrogens with zero attached hydrogens (tertiary/aromatic N) is 2. The number of imide groups is 1. The van der Waals surface area contributed by atoms with Gasteiger partial charge in [-0.25, -0.2) is 4.90 Å². The number of benzene rings is 1. The smallest absolute Gasteiger partial charge is 0.309 e. The van der Waals surface area contributed by atoms with E-state index in [2.05, 4.69) is 26.8 Å². The van der Waals surface area contributed by atoms with E-state index in [1.54, 1.807) is 6.07 Å². The summed E-state index contributed by atoms with van der Waals surface area (Å²) in [5.74, 6) is -1.95. The molecule has 1 aromatic carbocycles. The number of nitro benzene ring substituents is 1. The quantitative estimate of drug-likeness (QED) is 0.239. The largest absolute Gasteiger partial charge is 0.481 e. The van der Waals surface area contributed by atoms with Gasteiger partial charge in [-0.1, -0.05) is 44.9 Å². The minimum absolute atomic E-state index is 0.0191. The van der Waals surface area contributed by atoms with E-state index >= 15 is 0 Å². The number of aliphatic carboxylic acids is 1. The minimum atomic E-state index is -0.792. The molecule has 5 aliphatic carbocycles. The maximum absolute atomic E-state index is 14.3. The number of amides is 2. The Morgan fingerprint density at radius 2 is 1.87 bits per heavy atom. The van der Waals surface area contributed by atoms with E-state index < -0.39 is 33.6 Å². The molecule has 2 amide bonds. The van der Waals surface area contributed by atoms with Gasteiger partial charge in [-0.15, -0.1) is 0 Å². The van der Waals surface area contributed by atoms with Crippen molar-refractivity contribution in [1.29, 1.82) is 0 Å². The van der Waals surface area contributed by atoms with E-state index in [4.69, 9.17) is 0 Å². The van der Waals surface area contributed by atoms with E-state index in [-0.39, 0.29) is 52.3 Å². The Hall–Kier alpha value is -3.03. The van der Waals surface area contributed by atoms with Crippen LogP contribution in [0, 0.1) is 61.9 Å². The summed E-state index contributed by atoms with van der Waals surface area (Å²) in [6.45, 7) is 8.44. The van der Waals surface area contributed by atoms with Crippen molar-refractivity contribution in [3.05, 3.63) is 46.0 Å². The third kappa shape index (κ3) is 3.00. The normalized spacial score (nSPS) is 41.4. The lowest BCUT2D eigenvalue weighted by Crippen LogP contribution is -2.65. The molecule has 4 fully saturated rings. The summed E-state index contributed by atoms with van der Waals surface area (Å²) >= 11 is 0. The number of carboxylic acids is 1. The lowest BCUT2D eigenvalue weighted by atomic mass is 9.34. The van der Waals surface area contributed by atoms with Gasteiger partial charge < -0.3 is 5.11 Å². The third-order valence-corrected chi connectivity index (χ3v) is 11.5. The lowest BCUT2D eigenvalue weighted by Gasteiger charge is -2.68. The van der Waals surface area contributed by atoms with Crippen LogP contribution in [0.2, 0.25) is 0 Å². The fourth-order valence-electron chi connectivity index (χ4n) is 9.96. The summed E-state index contributed by atoms with van der Waals surface area (Å²) in [5, 5.41) is 21.7. The second-order valence-electron chi connectivity index (χ2n) is 13.3. The molecule has 1 aliphatic heterocycles. The first-order chi connectivity index (χ1) is 17.9. The highest BCUT2D eigenvalue weighted by molar-refractivity contribution is 6.23. The van der Waals surface area contributed by atoms with Gasteiger partial charge >= 0.3 is 5.97 Å². The highest BCUT2D eigenvalue weighted by atomic mass is 16.6. The molecular weight excluding hydrogens is 484 g/mol. The zero-order chi connectivity index (χ0) is 27.4. The van der Waals surface area contributed by atoms with Crippen LogP contribution in [0.1, 0.15) is 66.2 Å². The van der Waals surface area contributed by atoms with E-state index in [1.807, 2.05) is 6.92 Å². The van der Waals surface area contributed by atoms with Gasteiger partial charge in [-0.3, -0.25) is 24.5 Å². The number of carbonyl (C=O) groups excluding carboxylic acids is 2. The molecule has 1 spiro atoms. The number of anilines is 1. The van der Waals surface area contributed by atoms with Crippen molar-refractivity contribution >= 4 is 29.2 Å². The molecule has 3 saturated carbocycles. The predicted molar refractivity (Wildman–Crippen MR) is 140 cm³/mol. The number of hydrogen-bond donors (Lipinski definition) is 1. The minimum Gasteiger partial charge on any atom is -0.481 e. The monoisotopic (exact) mass is 520 g/mol. The molecule has 7 rings (SSSR count). The summed E-state index contributed by atoms with van der Waals surface area (Å²) in [6.07, 6.45) is 6.97. The standard InChI is InChI=1S/C30H36N2O6/c1-16(2)20-15-30-12-9-21-28(3,10-6-11-29(21,4)27(35)36)22(30)14-19(20)23-24(30)26(34)31(25(23)33)17-7-5-8-18(13-17)32(37)38/h5,7-8,13,15-16,19,21-24H,6,9-12,14H2,1-4H3,(H,35,36)/t19-,21+,22+,23-,24+,28+,29-,30-/m1/s1. The molecule has 38 heavy (non-hydrogen) atoms. The van der Waals surface area contributed by atoms with Crippen LogP contribution in [0.3, 0.4) is 0 Å². The molecule has 1 N–H and O–H groups in total. The van der Waals surface area contributed by atoms with E-state index in [9.17, 15) is 29.6 Å². The maximum atomic E-state index is 14.3. The molecule has 6 aliphatic rings. The molecule has 1 aromatic rings. The van der Waals surface area contributed by atoms with Crippen LogP contribution in [0.4, 0.5) is 11.4 Å². The van der Waals surface area contributed by atoms with Gasteiger partial charge in [0.05, 0.1) is 27.9 Å². The molecule has 0 aromatic heterocycles. The summed E-state index contributed by atoms with van der Waals surface area (Å²) < 4.78 is 0. The maximum Gasteiger partial charge on any atom is 0.309 e. The molecule has 202 valence electrons. The molecule has 8 atom stereocenters. The Morgan fingerprint density at radius 1 is 1.13 bits per heavy atom. The van der Waals surface area contributed by atoms with Gasteiger partial charge in [0, 0.05) is 17.5 Å². The van der Waals surface area contributed by atoms with Gasteiger partial charge in [0.2, 0.25) is 11.8 Å². The van der Waals surface area contributed by atoms with Crippen molar-refractivity contribution < 1.29 is 24.4 Å². The van der Waals surface area contributed by atoms with Crippen molar-refractivity contribution in [2.24, 2.45) is 51.8 Å². The fourth-order valence-corrected chi connectivity index (χ4v) is 9.96. The average molecular weight is 521 g/mol. The van der Waals surface area contributed by atoms with Gasteiger partial charge in [-0.05, 0) is 74.2 Å². The van der Waals surface area contributed by atoms with Gasteiger partial charge in [0.1, 0.15) is 0 Å². The zero-order valence-corrected chi connectivity index (χ0v) is 22.5. The van der Waals surface area contributed by atoms with E-state index in [0.29, 0.717) is 19.3 Å². The van der Waals surface area contributed by atoms with Crippen LogP contribution in [-0.4, -0.2) is 27.8 Å². The average Bonchev–Trinajstić information content (AvgIpc) is 3.15. The number of carboxylic acid groups (broad SMARTS) is 1. The molecule has 1 saturated heterocycles. The summed E-state index contributed by atoms with van der Waals surface area (Å²) in [5.41, 5.74) is -0.195. The van der Waals surface area contributed by atoms with Crippen LogP contribution < -0.4 is 4.90 Å².